The lowest BCUT2D eigenvalue weighted by atomic mass is 10.8. The van der Waals surface area contributed by atoms with Gasteiger partial charge in [0, 0.05) is 51.8 Å². The van der Waals surface area contributed by atoms with Gasteiger partial charge in [0.05, 0.1) is 35.7 Å². The van der Waals surface area contributed by atoms with Crippen LogP contribution in [0.25, 0.3) is 0 Å². The summed E-state index contributed by atoms with van der Waals surface area (Å²) < 4.78 is 15.3. The first kappa shape index (κ1) is 41.0. The first-order valence-electron chi connectivity index (χ1n) is 12.1. The third-order valence-corrected chi connectivity index (χ3v) is 11.1. The van der Waals surface area contributed by atoms with E-state index in [0.29, 0.717) is 54.7 Å². The molecule has 0 heterocycles. The SMILES string of the molecule is O=C(CSCCSCCOOCSCCSCOC(=O)CSCCSCC(=O)OCCSCO)OCCSCO. The van der Waals surface area contributed by atoms with Crippen LogP contribution in [0.5, 0.6) is 0 Å². The molecular weight excluding hydrogens is 681 g/mol. The highest BCUT2D eigenvalue weighted by Gasteiger charge is 2.06. The molecule has 0 saturated carbocycles. The first-order chi connectivity index (χ1) is 19.6. The fourth-order valence-electron chi connectivity index (χ4n) is 2.05. The number of carbonyl (C=O) groups excluding carboxylic acids is 3. The van der Waals surface area contributed by atoms with E-state index in [1.165, 1.54) is 47.0 Å². The summed E-state index contributed by atoms with van der Waals surface area (Å²) in [6, 6.07) is 0. The topological polar surface area (TPSA) is 138 Å². The quantitative estimate of drug-likeness (QED) is 0.0270. The van der Waals surface area contributed by atoms with E-state index in [2.05, 4.69) is 0 Å². The average molecular weight is 721 g/mol. The molecule has 0 spiro atoms. The molecule has 10 nitrogen and oxygen atoms in total. The van der Waals surface area contributed by atoms with Crippen LogP contribution in [0.4, 0.5) is 0 Å². The molecule has 0 aliphatic rings. The molecule has 0 unspecified atom stereocenters. The third-order valence-electron chi connectivity index (χ3n) is 3.77. The van der Waals surface area contributed by atoms with Crippen LogP contribution < -0.4 is 0 Å². The van der Waals surface area contributed by atoms with Gasteiger partial charge in [-0.25, -0.2) is 9.78 Å². The first-order valence-corrected chi connectivity index (χ1v) is 21.4. The Balaban J connectivity index is 3.25. The van der Waals surface area contributed by atoms with Gasteiger partial charge in [-0.05, 0) is 0 Å². The fraction of sp³-hybridized carbons (Fsp3) is 0.864. The summed E-state index contributed by atoms with van der Waals surface area (Å²) in [6.45, 7) is 1.14. The van der Waals surface area contributed by atoms with Crippen LogP contribution in [-0.2, 0) is 38.4 Å². The number of rotatable bonds is 31. The molecule has 236 valence electrons. The molecule has 2 N–H and O–H groups in total. The summed E-state index contributed by atoms with van der Waals surface area (Å²) in [5.74, 6) is 8.02. The van der Waals surface area contributed by atoms with Crippen molar-refractivity contribution in [2.75, 3.05) is 113 Å². The van der Waals surface area contributed by atoms with Gasteiger partial charge in [-0.1, -0.05) is 0 Å². The largest absolute Gasteiger partial charge is 0.464 e. The lowest BCUT2D eigenvalue weighted by Gasteiger charge is -2.06. The Hall–Kier alpha value is 1.05. The normalized spacial score (nSPS) is 10.9. The summed E-state index contributed by atoms with van der Waals surface area (Å²) in [7, 11) is 0. The molecule has 0 aromatic rings. The monoisotopic (exact) mass is 720 g/mol. The molecule has 0 amide bonds. The molecular formula is C22H40O10S8. The van der Waals surface area contributed by atoms with E-state index in [-0.39, 0.29) is 35.5 Å². The molecule has 0 aromatic carbocycles. The number of aliphatic hydroxyl groups is 2. The van der Waals surface area contributed by atoms with E-state index in [1.807, 2.05) is 0 Å². The zero-order valence-corrected chi connectivity index (χ0v) is 28.9. The van der Waals surface area contributed by atoms with Gasteiger partial charge in [-0.3, -0.25) is 14.4 Å². The molecule has 0 atom stereocenters. The highest BCUT2D eigenvalue weighted by molar-refractivity contribution is 8.04. The van der Waals surface area contributed by atoms with Crippen molar-refractivity contribution in [2.24, 2.45) is 0 Å². The van der Waals surface area contributed by atoms with Crippen molar-refractivity contribution in [3.8, 4) is 0 Å². The summed E-state index contributed by atoms with van der Waals surface area (Å²) in [5, 5.41) is 17.3. The predicted octanol–water partition coefficient (Wildman–Crippen LogP) is 3.24. The summed E-state index contributed by atoms with van der Waals surface area (Å²) in [4.78, 5) is 45.0. The summed E-state index contributed by atoms with van der Waals surface area (Å²) in [6.07, 6.45) is 0. The smallest absolute Gasteiger partial charge is 0.316 e. The minimum absolute atomic E-state index is 0.0240. The predicted molar refractivity (Wildman–Crippen MR) is 178 cm³/mol. The number of ether oxygens (including phenoxy) is 3. The molecule has 40 heavy (non-hydrogen) atoms. The Kier molecular flexibility index (Phi) is 35.4. The second-order valence-corrected chi connectivity index (χ2v) is 15.6. The number of aliphatic hydroxyl groups excluding tert-OH is 2. The molecule has 0 aromatic heterocycles. The zero-order chi connectivity index (χ0) is 29.4. The Morgan fingerprint density at radius 1 is 0.425 bits per heavy atom. The van der Waals surface area contributed by atoms with E-state index in [9.17, 15) is 14.4 Å². The van der Waals surface area contributed by atoms with Crippen molar-refractivity contribution < 1.29 is 48.6 Å². The van der Waals surface area contributed by atoms with Gasteiger partial charge in [0.2, 0.25) is 0 Å². The minimum Gasteiger partial charge on any atom is -0.464 e. The van der Waals surface area contributed by atoms with Crippen LogP contribution in [0.15, 0.2) is 0 Å². The van der Waals surface area contributed by atoms with Crippen molar-refractivity contribution in [3.63, 3.8) is 0 Å². The Morgan fingerprint density at radius 2 is 0.850 bits per heavy atom. The van der Waals surface area contributed by atoms with Crippen molar-refractivity contribution in [1.82, 2.24) is 0 Å². The van der Waals surface area contributed by atoms with Crippen molar-refractivity contribution in [1.29, 1.82) is 0 Å². The maximum atomic E-state index is 11.7. The van der Waals surface area contributed by atoms with E-state index < -0.39 is 0 Å². The molecule has 0 radical (unpaired) electrons. The maximum absolute atomic E-state index is 11.7. The highest BCUT2D eigenvalue weighted by Crippen LogP contribution is 2.12. The van der Waals surface area contributed by atoms with E-state index in [1.54, 1.807) is 47.0 Å². The lowest BCUT2D eigenvalue weighted by molar-refractivity contribution is -0.274. The van der Waals surface area contributed by atoms with E-state index in [4.69, 9.17) is 34.2 Å². The molecule has 0 fully saturated rings. The summed E-state index contributed by atoms with van der Waals surface area (Å²) >= 11 is 12.0. The van der Waals surface area contributed by atoms with Crippen LogP contribution in [0.3, 0.4) is 0 Å². The molecule has 0 aliphatic carbocycles. The molecule has 0 aliphatic heterocycles. The van der Waals surface area contributed by atoms with Gasteiger partial charge < -0.3 is 24.4 Å². The van der Waals surface area contributed by atoms with Gasteiger partial charge in [-0.2, -0.15) is 11.8 Å². The van der Waals surface area contributed by atoms with Crippen LogP contribution in [-0.4, -0.2) is 141 Å². The maximum Gasteiger partial charge on any atom is 0.316 e. The Labute approximate surface area is 271 Å². The molecule has 18 heteroatoms. The average Bonchev–Trinajstić information content (AvgIpc) is 2.95. The Morgan fingerprint density at radius 3 is 1.38 bits per heavy atom. The van der Waals surface area contributed by atoms with E-state index >= 15 is 0 Å². The van der Waals surface area contributed by atoms with Gasteiger partial charge in [-0.15, -0.1) is 82.3 Å². The van der Waals surface area contributed by atoms with Crippen molar-refractivity contribution in [2.45, 2.75) is 0 Å². The van der Waals surface area contributed by atoms with Gasteiger partial charge >= 0.3 is 17.9 Å². The van der Waals surface area contributed by atoms with Gasteiger partial charge in [0.1, 0.15) is 25.1 Å². The molecule has 0 bridgehead atoms. The van der Waals surface area contributed by atoms with Crippen molar-refractivity contribution >= 4 is 112 Å². The summed E-state index contributed by atoms with van der Waals surface area (Å²) in [5.41, 5.74) is 0. The second-order valence-electron chi connectivity index (χ2n) is 6.79. The lowest BCUT2D eigenvalue weighted by Crippen LogP contribution is -2.11. The highest BCUT2D eigenvalue weighted by atomic mass is 32.2. The Bertz CT molecular complexity index is 610. The van der Waals surface area contributed by atoms with Gasteiger partial charge in [0.15, 0.2) is 0 Å². The number of hydrogen-bond donors (Lipinski definition) is 2. The van der Waals surface area contributed by atoms with Gasteiger partial charge in [0.25, 0.3) is 0 Å². The number of hydrogen-bond acceptors (Lipinski definition) is 18. The van der Waals surface area contributed by atoms with E-state index in [0.717, 1.165) is 40.3 Å². The standard InChI is InChI=1S/C22H40O10S8/c23-16-37-4-1-28-20(25)13-34-8-7-33-6-3-31-32-19-40-12-11-39-18-30-22(27)15-36-10-9-35-14-21(26)29-2-5-38-17-24/h23-24H,1-19H2. The number of esters is 3. The fourth-order valence-corrected chi connectivity index (χ4v) is 7.70. The molecule has 0 saturated heterocycles. The molecule has 0 rings (SSSR count). The third kappa shape index (κ3) is 33.6. The van der Waals surface area contributed by atoms with Crippen LogP contribution in [0, 0.1) is 0 Å². The van der Waals surface area contributed by atoms with Crippen LogP contribution >= 0.6 is 94.1 Å². The number of carbonyl (C=O) groups is 3. The van der Waals surface area contributed by atoms with Crippen LogP contribution in [0.2, 0.25) is 0 Å². The number of thioether (sulfide) groups is 8. The van der Waals surface area contributed by atoms with Crippen molar-refractivity contribution in [3.05, 3.63) is 0 Å². The second kappa shape index (κ2) is 34.5. The van der Waals surface area contributed by atoms with Crippen LogP contribution in [0.1, 0.15) is 0 Å². The zero-order valence-electron chi connectivity index (χ0n) is 22.4. The minimum atomic E-state index is -0.261.